The largest absolute Gasteiger partial charge is 0.352 e. The maximum Gasteiger partial charge on any atom is 0.251 e. The van der Waals surface area contributed by atoms with Gasteiger partial charge in [0.05, 0.1) is 5.75 Å². The van der Waals surface area contributed by atoms with Crippen molar-refractivity contribution < 1.29 is 13.2 Å². The van der Waals surface area contributed by atoms with Gasteiger partial charge in [0.15, 0.2) is 9.84 Å². The number of sulfone groups is 1. The van der Waals surface area contributed by atoms with Crippen molar-refractivity contribution in [2.45, 2.75) is 25.1 Å². The molecule has 6 heteroatoms. The first-order chi connectivity index (χ1) is 13.4. The molecule has 1 atom stereocenters. The van der Waals surface area contributed by atoms with Gasteiger partial charge in [-0.2, -0.15) is 0 Å². The van der Waals surface area contributed by atoms with Crippen molar-refractivity contribution in [3.63, 3.8) is 0 Å². The van der Waals surface area contributed by atoms with E-state index in [1.165, 1.54) is 11.8 Å². The molecule has 1 amide bonds. The van der Waals surface area contributed by atoms with E-state index in [0.717, 1.165) is 32.5 Å². The molecule has 1 aliphatic heterocycles. The van der Waals surface area contributed by atoms with Crippen LogP contribution in [0.1, 0.15) is 34.3 Å². The number of carbonyl (C=O) groups is 1. The zero-order valence-electron chi connectivity index (χ0n) is 16.3. The van der Waals surface area contributed by atoms with E-state index in [2.05, 4.69) is 34.5 Å². The molecule has 2 aromatic carbocycles. The average molecular weight is 401 g/mol. The summed E-state index contributed by atoms with van der Waals surface area (Å²) in [6, 6.07) is 17.3. The van der Waals surface area contributed by atoms with Crippen LogP contribution in [-0.4, -0.2) is 45.1 Å². The van der Waals surface area contributed by atoms with Crippen LogP contribution in [0.2, 0.25) is 0 Å². The molecule has 0 bridgehead atoms. The molecule has 1 saturated heterocycles. The number of benzene rings is 2. The Balaban J connectivity index is 1.52. The number of likely N-dealkylation sites (tertiary alicyclic amines) is 1. The molecular weight excluding hydrogens is 372 g/mol. The lowest BCUT2D eigenvalue weighted by Gasteiger charge is -2.32. The van der Waals surface area contributed by atoms with Gasteiger partial charge in [-0.1, -0.05) is 42.5 Å². The van der Waals surface area contributed by atoms with Gasteiger partial charge in [-0.15, -0.1) is 0 Å². The molecule has 150 valence electrons. The zero-order chi connectivity index (χ0) is 20.0. The quantitative estimate of drug-likeness (QED) is 0.776. The second-order valence-electron chi connectivity index (χ2n) is 7.71. The van der Waals surface area contributed by atoms with Crippen LogP contribution in [0, 0.1) is 5.92 Å². The minimum Gasteiger partial charge on any atom is -0.352 e. The Morgan fingerprint density at radius 3 is 2.61 bits per heavy atom. The van der Waals surface area contributed by atoms with Gasteiger partial charge in [0.25, 0.3) is 5.91 Å². The SMILES string of the molecule is CS(=O)(=O)Cc1cccc(C(=O)NCC2CCCN(Cc3ccccc3)C2)c1. The average Bonchev–Trinajstić information content (AvgIpc) is 2.66. The number of hydrogen-bond donors (Lipinski definition) is 1. The van der Waals surface area contributed by atoms with Crippen LogP contribution in [0.25, 0.3) is 0 Å². The Bertz CT molecular complexity index is 897. The predicted octanol–water partition coefficient (Wildman–Crippen LogP) is 2.87. The molecule has 1 fully saturated rings. The molecule has 0 radical (unpaired) electrons. The summed E-state index contributed by atoms with van der Waals surface area (Å²) in [4.78, 5) is 15.0. The van der Waals surface area contributed by atoms with Gasteiger partial charge >= 0.3 is 0 Å². The highest BCUT2D eigenvalue weighted by atomic mass is 32.2. The Hall–Kier alpha value is -2.18. The zero-order valence-corrected chi connectivity index (χ0v) is 17.1. The summed E-state index contributed by atoms with van der Waals surface area (Å²) in [5.41, 5.74) is 2.47. The first-order valence-electron chi connectivity index (χ1n) is 9.70. The van der Waals surface area contributed by atoms with Crippen LogP contribution in [0.4, 0.5) is 0 Å². The van der Waals surface area contributed by atoms with Crippen molar-refractivity contribution in [3.8, 4) is 0 Å². The third-order valence-electron chi connectivity index (χ3n) is 5.02. The highest BCUT2D eigenvalue weighted by Gasteiger charge is 2.20. The van der Waals surface area contributed by atoms with Crippen LogP contribution in [0.5, 0.6) is 0 Å². The Labute approximate surface area is 167 Å². The first-order valence-corrected chi connectivity index (χ1v) is 11.8. The fraction of sp³-hybridized carbons (Fsp3) is 0.409. The van der Waals surface area contributed by atoms with Crippen molar-refractivity contribution in [2.75, 3.05) is 25.9 Å². The van der Waals surface area contributed by atoms with Crippen LogP contribution < -0.4 is 5.32 Å². The maximum atomic E-state index is 12.5. The third kappa shape index (κ3) is 6.46. The molecule has 2 aromatic rings. The molecule has 5 nitrogen and oxygen atoms in total. The van der Waals surface area contributed by atoms with Gasteiger partial charge in [-0.3, -0.25) is 9.69 Å². The van der Waals surface area contributed by atoms with Crippen LogP contribution in [-0.2, 0) is 22.1 Å². The number of piperidine rings is 1. The van der Waals surface area contributed by atoms with Crippen molar-refractivity contribution in [3.05, 3.63) is 71.3 Å². The van der Waals surface area contributed by atoms with E-state index in [9.17, 15) is 13.2 Å². The number of carbonyl (C=O) groups excluding carboxylic acids is 1. The fourth-order valence-corrected chi connectivity index (χ4v) is 4.53. The Morgan fingerprint density at radius 2 is 1.86 bits per heavy atom. The topological polar surface area (TPSA) is 66.5 Å². The van der Waals surface area contributed by atoms with E-state index < -0.39 is 9.84 Å². The van der Waals surface area contributed by atoms with E-state index in [0.29, 0.717) is 23.6 Å². The highest BCUT2D eigenvalue weighted by molar-refractivity contribution is 7.89. The molecule has 0 aromatic heterocycles. The lowest BCUT2D eigenvalue weighted by Crippen LogP contribution is -2.40. The van der Waals surface area contributed by atoms with Gasteiger partial charge in [0.1, 0.15) is 0 Å². The molecule has 1 N–H and O–H groups in total. The lowest BCUT2D eigenvalue weighted by molar-refractivity contribution is 0.0930. The number of rotatable bonds is 7. The third-order valence-corrected chi connectivity index (χ3v) is 5.88. The molecule has 1 heterocycles. The van der Waals surface area contributed by atoms with Gasteiger partial charge < -0.3 is 5.32 Å². The highest BCUT2D eigenvalue weighted by Crippen LogP contribution is 2.18. The van der Waals surface area contributed by atoms with Crippen LogP contribution >= 0.6 is 0 Å². The summed E-state index contributed by atoms with van der Waals surface area (Å²) < 4.78 is 22.9. The number of nitrogens with zero attached hydrogens (tertiary/aromatic N) is 1. The molecule has 0 aliphatic carbocycles. The van der Waals surface area contributed by atoms with E-state index in [-0.39, 0.29) is 11.7 Å². The predicted molar refractivity (Wildman–Crippen MR) is 112 cm³/mol. The van der Waals surface area contributed by atoms with Crippen molar-refractivity contribution in [2.24, 2.45) is 5.92 Å². The van der Waals surface area contributed by atoms with E-state index in [4.69, 9.17) is 0 Å². The molecular formula is C22H28N2O3S. The second-order valence-corrected chi connectivity index (χ2v) is 9.85. The van der Waals surface area contributed by atoms with Gasteiger partial charge in [0.2, 0.25) is 0 Å². The second kappa shape index (κ2) is 9.34. The van der Waals surface area contributed by atoms with E-state index in [1.807, 2.05) is 6.07 Å². The standard InChI is InChI=1S/C22H28N2O3S/c1-28(26,27)17-19-9-5-11-21(13-19)22(25)23-14-20-10-6-12-24(16-20)15-18-7-3-2-4-8-18/h2-5,7-9,11,13,20H,6,10,12,14-17H2,1H3,(H,23,25). The Morgan fingerprint density at radius 1 is 1.11 bits per heavy atom. The van der Waals surface area contributed by atoms with E-state index in [1.54, 1.807) is 24.3 Å². The van der Waals surface area contributed by atoms with E-state index >= 15 is 0 Å². The number of hydrogen-bond acceptors (Lipinski definition) is 4. The smallest absolute Gasteiger partial charge is 0.251 e. The normalized spacial score (nSPS) is 18.0. The van der Waals surface area contributed by atoms with Crippen molar-refractivity contribution in [1.29, 1.82) is 0 Å². The van der Waals surface area contributed by atoms with Crippen molar-refractivity contribution in [1.82, 2.24) is 10.2 Å². The minimum atomic E-state index is -3.12. The number of amides is 1. The van der Waals surface area contributed by atoms with Gasteiger partial charge in [-0.25, -0.2) is 8.42 Å². The molecule has 0 spiro atoms. The summed E-state index contributed by atoms with van der Waals surface area (Å²) in [6.07, 6.45) is 3.45. The van der Waals surface area contributed by atoms with Gasteiger partial charge in [0, 0.05) is 31.5 Å². The molecule has 1 unspecified atom stereocenters. The maximum absolute atomic E-state index is 12.5. The molecule has 1 aliphatic rings. The minimum absolute atomic E-state index is 0.0504. The van der Waals surface area contributed by atoms with Crippen molar-refractivity contribution >= 4 is 15.7 Å². The van der Waals surface area contributed by atoms with Crippen LogP contribution in [0.15, 0.2) is 54.6 Å². The van der Waals surface area contributed by atoms with Crippen LogP contribution in [0.3, 0.4) is 0 Å². The van der Waals surface area contributed by atoms with Gasteiger partial charge in [-0.05, 0) is 48.6 Å². The lowest BCUT2D eigenvalue weighted by atomic mass is 9.97. The molecule has 0 saturated carbocycles. The Kier molecular flexibility index (Phi) is 6.86. The molecule has 3 rings (SSSR count). The summed E-state index contributed by atoms with van der Waals surface area (Å²) in [5.74, 6) is 0.238. The summed E-state index contributed by atoms with van der Waals surface area (Å²) >= 11 is 0. The monoisotopic (exact) mass is 400 g/mol. The fourth-order valence-electron chi connectivity index (χ4n) is 3.75. The molecule has 28 heavy (non-hydrogen) atoms. The number of nitrogens with one attached hydrogen (secondary N) is 1. The summed E-state index contributed by atoms with van der Waals surface area (Å²) in [6.45, 7) is 3.65. The summed E-state index contributed by atoms with van der Waals surface area (Å²) in [5, 5.41) is 3.03. The summed E-state index contributed by atoms with van der Waals surface area (Å²) in [7, 11) is -3.12. The first kappa shape index (κ1) is 20.6.